The van der Waals surface area contributed by atoms with E-state index in [0.717, 1.165) is 12.8 Å². The highest BCUT2D eigenvalue weighted by Gasteiger charge is 2.33. The van der Waals surface area contributed by atoms with Crippen LogP contribution in [0.2, 0.25) is 10.0 Å². The molecule has 4 nitrogen and oxygen atoms in total. The molecule has 1 saturated carbocycles. The van der Waals surface area contributed by atoms with Gasteiger partial charge in [-0.1, -0.05) is 35.3 Å². The van der Waals surface area contributed by atoms with Gasteiger partial charge in [-0.2, -0.15) is 0 Å². The Morgan fingerprint density at radius 1 is 1.08 bits per heavy atom. The minimum Gasteiger partial charge on any atom is -0.320 e. The van der Waals surface area contributed by atoms with Gasteiger partial charge in [0, 0.05) is 18.5 Å². The van der Waals surface area contributed by atoms with Gasteiger partial charge in [0.25, 0.3) is 5.91 Å². The zero-order valence-corrected chi connectivity index (χ0v) is 14.6. The fourth-order valence-corrected chi connectivity index (χ4v) is 2.88. The van der Waals surface area contributed by atoms with Gasteiger partial charge in [0.15, 0.2) is 0 Å². The number of hydrogen-bond donors (Lipinski definition) is 1. The van der Waals surface area contributed by atoms with E-state index >= 15 is 0 Å². The number of hydrogen-bond acceptors (Lipinski definition) is 2. The van der Waals surface area contributed by atoms with Gasteiger partial charge in [-0.05, 0) is 43.2 Å². The van der Waals surface area contributed by atoms with Crippen LogP contribution in [0.15, 0.2) is 42.5 Å². The average Bonchev–Trinajstić information content (AvgIpc) is 3.36. The first kappa shape index (κ1) is 16.8. The maximum atomic E-state index is 12.5. The second-order valence-corrected chi connectivity index (χ2v) is 6.53. The second-order valence-electron chi connectivity index (χ2n) is 5.72. The molecule has 3 rings (SSSR count). The lowest BCUT2D eigenvalue weighted by Crippen LogP contribution is -2.31. The van der Waals surface area contributed by atoms with Crippen molar-refractivity contribution in [2.24, 2.45) is 0 Å². The SMILES string of the molecule is CC(=O)N(c1ccccc1NC(=O)c1ccc(Cl)c(Cl)c1)C1CC1. The summed E-state index contributed by atoms with van der Waals surface area (Å²) >= 11 is 11.9. The molecule has 0 unspecified atom stereocenters. The predicted molar refractivity (Wildman–Crippen MR) is 97.0 cm³/mol. The van der Waals surface area contributed by atoms with E-state index < -0.39 is 0 Å². The van der Waals surface area contributed by atoms with Crippen LogP contribution in [-0.2, 0) is 4.79 Å². The van der Waals surface area contributed by atoms with E-state index in [1.54, 1.807) is 23.1 Å². The van der Waals surface area contributed by atoms with Gasteiger partial charge in [-0.15, -0.1) is 0 Å². The molecule has 0 heterocycles. The van der Waals surface area contributed by atoms with Crippen LogP contribution in [0.3, 0.4) is 0 Å². The Bertz CT molecular complexity index is 803. The Morgan fingerprint density at radius 2 is 1.79 bits per heavy atom. The molecular formula is C18H16Cl2N2O2. The number of halogens is 2. The fourth-order valence-electron chi connectivity index (χ4n) is 2.58. The van der Waals surface area contributed by atoms with E-state index in [2.05, 4.69) is 5.32 Å². The minimum atomic E-state index is -0.305. The van der Waals surface area contributed by atoms with Gasteiger partial charge in [-0.3, -0.25) is 9.59 Å². The Hall–Kier alpha value is -2.04. The molecule has 124 valence electrons. The summed E-state index contributed by atoms with van der Waals surface area (Å²) in [4.78, 5) is 26.2. The molecule has 0 bridgehead atoms. The molecule has 0 spiro atoms. The smallest absolute Gasteiger partial charge is 0.255 e. The van der Waals surface area contributed by atoms with Crippen LogP contribution >= 0.6 is 23.2 Å². The van der Waals surface area contributed by atoms with Crippen molar-refractivity contribution >= 4 is 46.4 Å². The number of amides is 2. The molecule has 2 aromatic rings. The molecule has 0 saturated heterocycles. The van der Waals surface area contributed by atoms with Crippen molar-refractivity contribution in [2.75, 3.05) is 10.2 Å². The predicted octanol–water partition coefficient (Wildman–Crippen LogP) is 4.76. The van der Waals surface area contributed by atoms with Crippen molar-refractivity contribution < 1.29 is 9.59 Å². The topological polar surface area (TPSA) is 49.4 Å². The fraction of sp³-hybridized carbons (Fsp3) is 0.222. The number of nitrogens with zero attached hydrogens (tertiary/aromatic N) is 1. The quantitative estimate of drug-likeness (QED) is 0.851. The normalized spacial score (nSPS) is 13.5. The molecule has 1 aliphatic carbocycles. The molecule has 0 aromatic heterocycles. The van der Waals surface area contributed by atoms with Crippen molar-refractivity contribution in [3.63, 3.8) is 0 Å². The summed E-state index contributed by atoms with van der Waals surface area (Å²) in [5, 5.41) is 3.57. The van der Waals surface area contributed by atoms with E-state index in [-0.39, 0.29) is 17.9 Å². The second kappa shape index (κ2) is 6.83. The van der Waals surface area contributed by atoms with Crippen LogP contribution in [0.4, 0.5) is 11.4 Å². The van der Waals surface area contributed by atoms with Crippen LogP contribution in [0, 0.1) is 0 Å². The Balaban J connectivity index is 1.88. The number of nitrogens with one attached hydrogen (secondary N) is 1. The highest BCUT2D eigenvalue weighted by atomic mass is 35.5. The largest absolute Gasteiger partial charge is 0.320 e. The molecule has 0 radical (unpaired) electrons. The molecule has 6 heteroatoms. The van der Waals surface area contributed by atoms with Crippen molar-refractivity contribution in [1.29, 1.82) is 0 Å². The van der Waals surface area contributed by atoms with Crippen molar-refractivity contribution in [1.82, 2.24) is 0 Å². The van der Waals surface area contributed by atoms with Crippen molar-refractivity contribution in [2.45, 2.75) is 25.8 Å². The third-order valence-corrected chi connectivity index (χ3v) is 4.58. The zero-order chi connectivity index (χ0) is 17.3. The Labute approximate surface area is 150 Å². The van der Waals surface area contributed by atoms with Gasteiger partial charge in [-0.25, -0.2) is 0 Å². The van der Waals surface area contributed by atoms with Crippen LogP contribution in [0.25, 0.3) is 0 Å². The molecule has 2 amide bonds. The third-order valence-electron chi connectivity index (χ3n) is 3.84. The summed E-state index contributed by atoms with van der Waals surface area (Å²) in [6.07, 6.45) is 1.96. The van der Waals surface area contributed by atoms with Gasteiger partial charge >= 0.3 is 0 Å². The average molecular weight is 363 g/mol. The Morgan fingerprint density at radius 3 is 2.42 bits per heavy atom. The molecule has 0 aliphatic heterocycles. The Kier molecular flexibility index (Phi) is 4.78. The van der Waals surface area contributed by atoms with Crippen molar-refractivity contribution in [3.05, 3.63) is 58.1 Å². The summed E-state index contributed by atoms with van der Waals surface area (Å²) in [5.41, 5.74) is 1.71. The van der Waals surface area contributed by atoms with Gasteiger partial charge in [0.05, 0.1) is 21.4 Å². The van der Waals surface area contributed by atoms with E-state index in [1.165, 1.54) is 13.0 Å². The molecule has 2 aromatic carbocycles. The van der Waals surface area contributed by atoms with E-state index in [4.69, 9.17) is 23.2 Å². The highest BCUT2D eigenvalue weighted by Crippen LogP contribution is 2.36. The number of para-hydroxylation sites is 2. The summed E-state index contributed by atoms with van der Waals surface area (Å²) in [7, 11) is 0. The summed E-state index contributed by atoms with van der Waals surface area (Å²) in [6.45, 7) is 1.54. The van der Waals surface area contributed by atoms with Crippen molar-refractivity contribution in [3.8, 4) is 0 Å². The van der Waals surface area contributed by atoms with Gasteiger partial charge < -0.3 is 10.2 Å². The van der Waals surface area contributed by atoms with Gasteiger partial charge in [0.1, 0.15) is 0 Å². The standard InChI is InChI=1S/C18H16Cl2N2O2/c1-11(23)22(13-7-8-13)17-5-3-2-4-16(17)21-18(24)12-6-9-14(19)15(20)10-12/h2-6,9-10,13H,7-8H2,1H3,(H,21,24). The number of carbonyl (C=O) groups is 2. The van der Waals surface area contributed by atoms with Crippen LogP contribution < -0.4 is 10.2 Å². The summed E-state index contributed by atoms with van der Waals surface area (Å²) in [6, 6.07) is 12.2. The van der Waals surface area contributed by atoms with Crippen LogP contribution in [-0.4, -0.2) is 17.9 Å². The number of rotatable bonds is 4. The molecule has 24 heavy (non-hydrogen) atoms. The van der Waals surface area contributed by atoms with Gasteiger partial charge in [0.2, 0.25) is 5.91 Å². The zero-order valence-electron chi connectivity index (χ0n) is 13.1. The number of carbonyl (C=O) groups excluding carboxylic acids is 2. The first-order chi connectivity index (χ1) is 11.5. The number of anilines is 2. The third kappa shape index (κ3) is 3.55. The molecular weight excluding hydrogens is 347 g/mol. The number of benzene rings is 2. The molecule has 0 atom stereocenters. The monoisotopic (exact) mass is 362 g/mol. The van der Waals surface area contributed by atoms with Crippen LogP contribution in [0.5, 0.6) is 0 Å². The van der Waals surface area contributed by atoms with E-state index in [9.17, 15) is 9.59 Å². The highest BCUT2D eigenvalue weighted by molar-refractivity contribution is 6.42. The minimum absolute atomic E-state index is 0.0336. The lowest BCUT2D eigenvalue weighted by Gasteiger charge is -2.24. The molecule has 1 N–H and O–H groups in total. The lowest BCUT2D eigenvalue weighted by atomic mass is 10.2. The van der Waals surface area contributed by atoms with E-state index in [1.807, 2.05) is 18.2 Å². The summed E-state index contributed by atoms with van der Waals surface area (Å²) < 4.78 is 0. The van der Waals surface area contributed by atoms with E-state index in [0.29, 0.717) is 27.0 Å². The lowest BCUT2D eigenvalue weighted by molar-refractivity contribution is -0.116. The first-order valence-corrected chi connectivity index (χ1v) is 8.38. The molecule has 1 fully saturated rings. The maximum Gasteiger partial charge on any atom is 0.255 e. The molecule has 1 aliphatic rings. The van der Waals surface area contributed by atoms with Crippen LogP contribution in [0.1, 0.15) is 30.1 Å². The maximum absolute atomic E-state index is 12.5. The summed E-state index contributed by atoms with van der Waals surface area (Å²) in [5.74, 6) is -0.339. The first-order valence-electron chi connectivity index (χ1n) is 7.62.